The van der Waals surface area contributed by atoms with E-state index in [0.717, 1.165) is 37.4 Å². The number of carbonyl (C=O) groups is 1. The van der Waals surface area contributed by atoms with E-state index in [-0.39, 0.29) is 12.5 Å². The Bertz CT molecular complexity index is 885. The number of halogens is 1. The van der Waals surface area contributed by atoms with E-state index in [9.17, 15) is 9.18 Å². The number of aryl methyl sites for hydroxylation is 1. The highest BCUT2D eigenvalue weighted by molar-refractivity contribution is 5.92. The molecule has 8 heteroatoms. The van der Waals surface area contributed by atoms with Crippen molar-refractivity contribution >= 4 is 5.91 Å². The fourth-order valence-electron chi connectivity index (χ4n) is 3.81. The van der Waals surface area contributed by atoms with Gasteiger partial charge in [-0.2, -0.15) is 5.10 Å². The van der Waals surface area contributed by atoms with Crippen molar-refractivity contribution in [1.29, 1.82) is 0 Å². The SMILES string of the molecule is CCOCCN1CCn2nc(C(=O)NC3COc4ccc(C)cc4C3F)cc2C1. The minimum atomic E-state index is -1.31. The predicted octanol–water partition coefficient (Wildman–Crippen LogP) is 2.25. The first kappa shape index (κ1) is 19.8. The topological polar surface area (TPSA) is 68.6 Å². The van der Waals surface area contributed by atoms with E-state index < -0.39 is 12.2 Å². The number of aromatic nitrogens is 2. The van der Waals surface area contributed by atoms with Crippen molar-refractivity contribution in [1.82, 2.24) is 20.0 Å². The summed E-state index contributed by atoms with van der Waals surface area (Å²) >= 11 is 0. The van der Waals surface area contributed by atoms with Crippen molar-refractivity contribution in [2.45, 2.75) is 39.2 Å². The first-order valence-corrected chi connectivity index (χ1v) is 10.1. The average Bonchev–Trinajstić information content (AvgIpc) is 3.14. The van der Waals surface area contributed by atoms with E-state index in [1.54, 1.807) is 18.2 Å². The molecule has 0 bridgehead atoms. The first-order chi connectivity index (χ1) is 14.0. The zero-order valence-electron chi connectivity index (χ0n) is 16.9. The van der Waals surface area contributed by atoms with Gasteiger partial charge in [0.05, 0.1) is 24.9 Å². The lowest BCUT2D eigenvalue weighted by molar-refractivity contribution is 0.0838. The smallest absolute Gasteiger partial charge is 0.272 e. The monoisotopic (exact) mass is 402 g/mol. The van der Waals surface area contributed by atoms with Gasteiger partial charge in [0.1, 0.15) is 12.4 Å². The maximum absolute atomic E-state index is 15.0. The van der Waals surface area contributed by atoms with Crippen LogP contribution in [0.5, 0.6) is 5.75 Å². The minimum Gasteiger partial charge on any atom is -0.491 e. The highest BCUT2D eigenvalue weighted by atomic mass is 19.1. The lowest BCUT2D eigenvalue weighted by Gasteiger charge is -2.29. The van der Waals surface area contributed by atoms with E-state index in [1.165, 1.54) is 0 Å². The second kappa shape index (κ2) is 8.51. The average molecular weight is 402 g/mol. The Hall–Kier alpha value is -2.45. The maximum Gasteiger partial charge on any atom is 0.272 e. The Kier molecular flexibility index (Phi) is 5.82. The molecule has 4 rings (SSSR count). The van der Waals surface area contributed by atoms with Crippen LogP contribution < -0.4 is 10.1 Å². The molecule has 0 radical (unpaired) electrons. The van der Waals surface area contributed by atoms with Crippen LogP contribution in [-0.2, 0) is 17.8 Å². The largest absolute Gasteiger partial charge is 0.491 e. The molecule has 2 aromatic rings. The third kappa shape index (κ3) is 4.28. The summed E-state index contributed by atoms with van der Waals surface area (Å²) in [6.45, 7) is 8.54. The standard InChI is InChI=1S/C21H27FN4O3/c1-3-28-9-8-25-6-7-26-15(12-25)11-17(24-26)21(27)23-18-13-29-19-5-4-14(2)10-16(19)20(18)22/h4-5,10-11,18,20H,3,6-9,12-13H2,1-2H3,(H,23,27). The Labute approximate surface area is 169 Å². The fourth-order valence-corrected chi connectivity index (χ4v) is 3.81. The van der Waals surface area contributed by atoms with Gasteiger partial charge in [-0.3, -0.25) is 14.4 Å². The van der Waals surface area contributed by atoms with E-state index in [0.29, 0.717) is 30.2 Å². The highest BCUT2D eigenvalue weighted by Gasteiger charge is 2.33. The van der Waals surface area contributed by atoms with Crippen LogP contribution in [-0.4, -0.2) is 59.5 Å². The molecule has 0 aliphatic carbocycles. The molecule has 2 aliphatic rings. The van der Waals surface area contributed by atoms with E-state index in [4.69, 9.17) is 9.47 Å². The van der Waals surface area contributed by atoms with Crippen molar-refractivity contribution < 1.29 is 18.7 Å². The van der Waals surface area contributed by atoms with Gasteiger partial charge in [0.2, 0.25) is 0 Å². The summed E-state index contributed by atoms with van der Waals surface area (Å²) in [4.78, 5) is 15.0. The summed E-state index contributed by atoms with van der Waals surface area (Å²) < 4.78 is 27.9. The molecule has 29 heavy (non-hydrogen) atoms. The van der Waals surface area contributed by atoms with Gasteiger partial charge in [-0.05, 0) is 32.0 Å². The van der Waals surface area contributed by atoms with Gasteiger partial charge in [-0.25, -0.2) is 4.39 Å². The van der Waals surface area contributed by atoms with Crippen LogP contribution in [0.15, 0.2) is 24.3 Å². The van der Waals surface area contributed by atoms with Gasteiger partial charge in [0, 0.05) is 31.8 Å². The van der Waals surface area contributed by atoms with Crippen LogP contribution in [0, 0.1) is 6.92 Å². The number of fused-ring (bicyclic) bond motifs is 2. The molecule has 1 N–H and O–H groups in total. The van der Waals surface area contributed by atoms with Gasteiger partial charge in [-0.1, -0.05) is 11.6 Å². The van der Waals surface area contributed by atoms with Crippen LogP contribution >= 0.6 is 0 Å². The van der Waals surface area contributed by atoms with Gasteiger partial charge in [0.15, 0.2) is 11.9 Å². The predicted molar refractivity (Wildman–Crippen MR) is 106 cm³/mol. The molecule has 0 spiro atoms. The number of hydrogen-bond acceptors (Lipinski definition) is 5. The number of rotatable bonds is 6. The molecule has 2 unspecified atom stereocenters. The van der Waals surface area contributed by atoms with Crippen LogP contribution in [0.3, 0.4) is 0 Å². The number of amides is 1. The molecule has 2 atom stereocenters. The van der Waals surface area contributed by atoms with Gasteiger partial charge < -0.3 is 14.8 Å². The normalized spacial score (nSPS) is 21.2. The Morgan fingerprint density at radius 2 is 2.24 bits per heavy atom. The number of carbonyl (C=O) groups excluding carboxylic acids is 1. The third-order valence-corrected chi connectivity index (χ3v) is 5.42. The van der Waals surface area contributed by atoms with Gasteiger partial charge in [0.25, 0.3) is 5.91 Å². The zero-order valence-corrected chi connectivity index (χ0v) is 16.9. The quantitative estimate of drug-likeness (QED) is 0.751. The number of hydrogen-bond donors (Lipinski definition) is 1. The first-order valence-electron chi connectivity index (χ1n) is 10.1. The Morgan fingerprint density at radius 3 is 3.07 bits per heavy atom. The lowest BCUT2D eigenvalue weighted by Crippen LogP contribution is -2.44. The van der Waals surface area contributed by atoms with Crippen LogP contribution in [0.4, 0.5) is 4.39 Å². The van der Waals surface area contributed by atoms with Gasteiger partial charge >= 0.3 is 0 Å². The van der Waals surface area contributed by atoms with Crippen molar-refractivity contribution in [3.05, 3.63) is 46.8 Å². The molecule has 1 amide bonds. The molecular formula is C21H27FN4O3. The van der Waals surface area contributed by atoms with Gasteiger partial charge in [-0.15, -0.1) is 0 Å². The summed E-state index contributed by atoms with van der Waals surface area (Å²) in [5, 5.41) is 7.17. The number of alkyl halides is 1. The fraction of sp³-hybridized carbons (Fsp3) is 0.524. The lowest BCUT2D eigenvalue weighted by atomic mass is 9.98. The van der Waals surface area contributed by atoms with Crippen molar-refractivity contribution in [3.8, 4) is 5.75 Å². The molecule has 7 nitrogen and oxygen atoms in total. The number of benzene rings is 1. The number of nitrogens with zero attached hydrogens (tertiary/aromatic N) is 3. The molecule has 1 aromatic heterocycles. The van der Waals surface area contributed by atoms with Crippen molar-refractivity contribution in [2.75, 3.05) is 32.9 Å². The second-order valence-electron chi connectivity index (χ2n) is 7.55. The third-order valence-electron chi connectivity index (χ3n) is 5.42. The Balaban J connectivity index is 1.40. The van der Waals surface area contributed by atoms with Crippen molar-refractivity contribution in [3.63, 3.8) is 0 Å². The second-order valence-corrected chi connectivity index (χ2v) is 7.55. The Morgan fingerprint density at radius 1 is 1.38 bits per heavy atom. The molecule has 0 fully saturated rings. The molecule has 3 heterocycles. The highest BCUT2D eigenvalue weighted by Crippen LogP contribution is 2.35. The summed E-state index contributed by atoms with van der Waals surface area (Å²) in [5.41, 5.74) is 2.73. The molecule has 0 saturated heterocycles. The van der Waals surface area contributed by atoms with Crippen LogP contribution in [0.25, 0.3) is 0 Å². The van der Waals surface area contributed by atoms with Crippen LogP contribution in [0.1, 0.15) is 40.4 Å². The molecule has 0 saturated carbocycles. The number of nitrogens with one attached hydrogen (secondary N) is 1. The van der Waals surface area contributed by atoms with E-state index in [1.807, 2.05) is 24.6 Å². The summed E-state index contributed by atoms with van der Waals surface area (Å²) in [6.07, 6.45) is -1.31. The maximum atomic E-state index is 15.0. The van der Waals surface area contributed by atoms with Crippen LogP contribution in [0.2, 0.25) is 0 Å². The zero-order chi connectivity index (χ0) is 20.4. The summed E-state index contributed by atoms with van der Waals surface area (Å²) in [7, 11) is 0. The van der Waals surface area contributed by atoms with E-state index in [2.05, 4.69) is 15.3 Å². The van der Waals surface area contributed by atoms with Crippen molar-refractivity contribution in [2.24, 2.45) is 0 Å². The minimum absolute atomic E-state index is 0.0989. The molecule has 156 valence electrons. The molecule has 1 aromatic carbocycles. The van der Waals surface area contributed by atoms with E-state index >= 15 is 0 Å². The summed E-state index contributed by atoms with van der Waals surface area (Å²) in [6, 6.07) is 6.48. The summed E-state index contributed by atoms with van der Waals surface area (Å²) in [5.74, 6) is 0.165. The molecular weight excluding hydrogens is 375 g/mol. The number of ether oxygens (including phenoxy) is 2. The molecule has 2 aliphatic heterocycles.